The quantitative estimate of drug-likeness (QED) is 0.227. The molecular formula is C26H39N2PS. The Hall–Kier alpha value is -1.44. The number of hydrogen-bond donors (Lipinski definition) is 2. The van der Waals surface area contributed by atoms with Crippen LogP contribution in [0.5, 0.6) is 0 Å². The SMILES string of the molecule is CCCCCCCCNC(=S)N[C@H](CP(c1ccccc1)c1ccccc1)C(C)C. The maximum absolute atomic E-state index is 5.64. The summed E-state index contributed by atoms with van der Waals surface area (Å²) in [6.45, 7) is 7.81. The number of unbranched alkanes of at least 4 members (excludes halogenated alkanes) is 5. The van der Waals surface area contributed by atoms with E-state index in [2.05, 4.69) is 92.1 Å². The van der Waals surface area contributed by atoms with Gasteiger partial charge in [0.15, 0.2) is 5.11 Å². The van der Waals surface area contributed by atoms with Crippen LogP contribution >= 0.6 is 20.1 Å². The van der Waals surface area contributed by atoms with Gasteiger partial charge in [-0.3, -0.25) is 0 Å². The van der Waals surface area contributed by atoms with E-state index in [0.29, 0.717) is 12.0 Å². The molecule has 2 rings (SSSR count). The lowest BCUT2D eigenvalue weighted by atomic mass is 10.1. The van der Waals surface area contributed by atoms with Crippen LogP contribution in [-0.2, 0) is 0 Å². The van der Waals surface area contributed by atoms with Crippen LogP contribution in [0.1, 0.15) is 59.3 Å². The van der Waals surface area contributed by atoms with E-state index >= 15 is 0 Å². The molecule has 30 heavy (non-hydrogen) atoms. The molecule has 2 aromatic carbocycles. The fourth-order valence-electron chi connectivity index (χ4n) is 3.52. The minimum Gasteiger partial charge on any atom is -0.363 e. The highest BCUT2D eigenvalue weighted by atomic mass is 32.1. The van der Waals surface area contributed by atoms with Crippen LogP contribution in [0.4, 0.5) is 0 Å². The van der Waals surface area contributed by atoms with E-state index in [0.717, 1.165) is 17.8 Å². The van der Waals surface area contributed by atoms with Crippen molar-refractivity contribution in [2.24, 2.45) is 5.92 Å². The number of benzene rings is 2. The van der Waals surface area contributed by atoms with Crippen LogP contribution in [0.3, 0.4) is 0 Å². The molecule has 0 unspecified atom stereocenters. The van der Waals surface area contributed by atoms with E-state index < -0.39 is 7.92 Å². The first-order valence-corrected chi connectivity index (χ1v) is 13.5. The lowest BCUT2D eigenvalue weighted by Gasteiger charge is -2.29. The first kappa shape index (κ1) is 24.8. The Labute approximate surface area is 191 Å². The lowest BCUT2D eigenvalue weighted by molar-refractivity contribution is 0.488. The van der Waals surface area contributed by atoms with Gasteiger partial charge < -0.3 is 10.6 Å². The lowest BCUT2D eigenvalue weighted by Crippen LogP contribution is -2.46. The third kappa shape index (κ3) is 9.14. The van der Waals surface area contributed by atoms with Gasteiger partial charge in [0.05, 0.1) is 0 Å². The molecule has 0 aliphatic heterocycles. The average molecular weight is 443 g/mol. The van der Waals surface area contributed by atoms with Gasteiger partial charge in [-0.05, 0) is 49.2 Å². The van der Waals surface area contributed by atoms with Crippen molar-refractivity contribution >= 4 is 35.9 Å². The van der Waals surface area contributed by atoms with Crippen LogP contribution in [0.15, 0.2) is 60.7 Å². The van der Waals surface area contributed by atoms with Gasteiger partial charge in [-0.15, -0.1) is 0 Å². The fourth-order valence-corrected chi connectivity index (χ4v) is 6.47. The molecule has 0 saturated heterocycles. The van der Waals surface area contributed by atoms with Gasteiger partial charge in [0.2, 0.25) is 0 Å². The number of nitrogens with one attached hydrogen (secondary N) is 2. The summed E-state index contributed by atoms with van der Waals surface area (Å²) >= 11 is 5.64. The number of rotatable bonds is 13. The zero-order chi connectivity index (χ0) is 21.6. The molecule has 2 N–H and O–H groups in total. The monoisotopic (exact) mass is 442 g/mol. The van der Waals surface area contributed by atoms with Crippen LogP contribution in [0.25, 0.3) is 0 Å². The predicted molar refractivity (Wildman–Crippen MR) is 140 cm³/mol. The van der Waals surface area contributed by atoms with Gasteiger partial charge in [0.25, 0.3) is 0 Å². The zero-order valence-corrected chi connectivity index (χ0v) is 20.7. The summed E-state index contributed by atoms with van der Waals surface area (Å²) in [6, 6.07) is 22.2. The second kappa shape index (κ2) is 14.5. The first-order chi connectivity index (χ1) is 14.6. The summed E-state index contributed by atoms with van der Waals surface area (Å²) in [6.07, 6.45) is 8.92. The van der Waals surface area contributed by atoms with Gasteiger partial charge in [-0.2, -0.15) is 0 Å². The molecular weight excluding hydrogens is 403 g/mol. The van der Waals surface area contributed by atoms with Crippen molar-refractivity contribution in [1.29, 1.82) is 0 Å². The van der Waals surface area contributed by atoms with Crippen molar-refractivity contribution in [3.63, 3.8) is 0 Å². The van der Waals surface area contributed by atoms with E-state index in [1.165, 1.54) is 49.1 Å². The molecule has 164 valence electrons. The Balaban J connectivity index is 1.93. The molecule has 0 aliphatic rings. The standard InChI is InChI=1S/C26H39N2PS/c1-4-5-6-7-8-15-20-27-26(30)28-25(22(2)3)21-29(23-16-11-9-12-17-23)24-18-13-10-14-19-24/h9-14,16-19,22,25H,4-8,15,20-21H2,1-3H3,(H2,27,28,30)/t25-/m1/s1. The maximum Gasteiger partial charge on any atom is 0.166 e. The van der Waals surface area contributed by atoms with E-state index in [1.54, 1.807) is 0 Å². The normalized spacial score (nSPS) is 12.2. The number of hydrogen-bond acceptors (Lipinski definition) is 1. The Bertz CT molecular complexity index is 666. The summed E-state index contributed by atoms with van der Waals surface area (Å²) < 4.78 is 0. The second-order valence-corrected chi connectivity index (χ2v) is 11.0. The average Bonchev–Trinajstić information content (AvgIpc) is 2.77. The molecule has 0 saturated carbocycles. The Morgan fingerprint density at radius 2 is 1.37 bits per heavy atom. The van der Waals surface area contributed by atoms with Crippen LogP contribution in [0.2, 0.25) is 0 Å². The number of thiocarbonyl (C=S) groups is 1. The largest absolute Gasteiger partial charge is 0.363 e. The van der Waals surface area contributed by atoms with Crippen molar-refractivity contribution in [3.05, 3.63) is 60.7 Å². The third-order valence-electron chi connectivity index (χ3n) is 5.45. The summed E-state index contributed by atoms with van der Waals surface area (Å²) in [7, 11) is -0.428. The molecule has 4 heteroatoms. The molecule has 2 aromatic rings. The van der Waals surface area contributed by atoms with E-state index in [-0.39, 0.29) is 0 Å². The van der Waals surface area contributed by atoms with Crippen molar-refractivity contribution in [1.82, 2.24) is 10.6 Å². The van der Waals surface area contributed by atoms with Crippen molar-refractivity contribution in [3.8, 4) is 0 Å². The van der Waals surface area contributed by atoms with Gasteiger partial charge in [0.1, 0.15) is 0 Å². The fraction of sp³-hybridized carbons (Fsp3) is 0.500. The predicted octanol–water partition coefficient (Wildman–Crippen LogP) is 5.97. The van der Waals surface area contributed by atoms with Gasteiger partial charge in [-0.1, -0.05) is 114 Å². The highest BCUT2D eigenvalue weighted by molar-refractivity contribution is 7.80. The highest BCUT2D eigenvalue weighted by Crippen LogP contribution is 2.35. The zero-order valence-electron chi connectivity index (χ0n) is 18.9. The minimum absolute atomic E-state index is 0.348. The Morgan fingerprint density at radius 1 is 0.833 bits per heavy atom. The molecule has 0 radical (unpaired) electrons. The summed E-state index contributed by atoms with van der Waals surface area (Å²) in [5.74, 6) is 0.510. The molecule has 0 aliphatic carbocycles. The van der Waals surface area contributed by atoms with Crippen molar-refractivity contribution < 1.29 is 0 Å². The Morgan fingerprint density at radius 3 is 1.90 bits per heavy atom. The van der Waals surface area contributed by atoms with Gasteiger partial charge >= 0.3 is 0 Å². The van der Waals surface area contributed by atoms with Crippen LogP contribution in [-0.4, -0.2) is 23.9 Å². The van der Waals surface area contributed by atoms with Gasteiger partial charge in [-0.25, -0.2) is 0 Å². The molecule has 0 heterocycles. The smallest absolute Gasteiger partial charge is 0.166 e. The van der Waals surface area contributed by atoms with E-state index in [4.69, 9.17) is 12.2 Å². The third-order valence-corrected chi connectivity index (χ3v) is 8.32. The minimum atomic E-state index is -0.428. The van der Waals surface area contributed by atoms with Crippen LogP contribution < -0.4 is 21.2 Å². The summed E-state index contributed by atoms with van der Waals surface area (Å²) in [5, 5.41) is 10.7. The van der Waals surface area contributed by atoms with Crippen molar-refractivity contribution in [2.75, 3.05) is 12.7 Å². The molecule has 0 spiro atoms. The van der Waals surface area contributed by atoms with Crippen molar-refractivity contribution in [2.45, 2.75) is 65.3 Å². The maximum atomic E-state index is 5.64. The highest BCUT2D eigenvalue weighted by Gasteiger charge is 2.22. The topological polar surface area (TPSA) is 24.1 Å². The van der Waals surface area contributed by atoms with Crippen LogP contribution in [0, 0.1) is 5.92 Å². The van der Waals surface area contributed by atoms with E-state index in [1.807, 2.05) is 0 Å². The van der Waals surface area contributed by atoms with E-state index in [9.17, 15) is 0 Å². The molecule has 0 fully saturated rings. The molecule has 2 nitrogen and oxygen atoms in total. The molecule has 0 amide bonds. The summed E-state index contributed by atoms with van der Waals surface area (Å²) in [4.78, 5) is 0. The molecule has 0 bridgehead atoms. The second-order valence-electron chi connectivity index (χ2n) is 8.30. The Kier molecular flexibility index (Phi) is 12.0. The van der Waals surface area contributed by atoms with Gasteiger partial charge in [0, 0.05) is 12.6 Å². The summed E-state index contributed by atoms with van der Waals surface area (Å²) in [5.41, 5.74) is 0. The first-order valence-electron chi connectivity index (χ1n) is 11.5. The molecule has 0 aromatic heterocycles. The molecule has 1 atom stereocenters.